The van der Waals surface area contributed by atoms with Gasteiger partial charge in [-0.25, -0.2) is 4.79 Å². The number of hydrogen-bond acceptors (Lipinski definition) is 3. The van der Waals surface area contributed by atoms with Crippen LogP contribution in [0.15, 0.2) is 29.8 Å². The summed E-state index contributed by atoms with van der Waals surface area (Å²) in [4.78, 5) is 10.5. The molecule has 17 heavy (non-hydrogen) atoms. The van der Waals surface area contributed by atoms with E-state index in [9.17, 15) is 4.79 Å². The maximum Gasteiger partial charge on any atom is 0.331 e. The van der Waals surface area contributed by atoms with Gasteiger partial charge in [-0.3, -0.25) is 0 Å². The average molecular weight is 252 g/mol. The van der Waals surface area contributed by atoms with Crippen molar-refractivity contribution in [2.75, 3.05) is 6.61 Å². The van der Waals surface area contributed by atoms with Crippen molar-refractivity contribution < 1.29 is 14.6 Å². The molecule has 88 valence electrons. The summed E-state index contributed by atoms with van der Waals surface area (Å²) in [5.41, 5.74) is 0.543. The van der Waals surface area contributed by atoms with E-state index < -0.39 is 5.97 Å². The van der Waals surface area contributed by atoms with Crippen molar-refractivity contribution in [2.24, 2.45) is 0 Å². The molecule has 0 atom stereocenters. The highest BCUT2D eigenvalue weighted by Gasteiger charge is 2.04. The Morgan fingerprint density at radius 1 is 1.65 bits per heavy atom. The fourth-order valence-corrected chi connectivity index (χ4v) is 1.21. The average Bonchev–Trinajstić information content (AvgIpc) is 2.29. The molecular formula is C12H10ClNO3. The number of carboxylic acids is 1. The molecular weight excluding hydrogens is 242 g/mol. The van der Waals surface area contributed by atoms with E-state index >= 15 is 0 Å². The highest BCUT2D eigenvalue weighted by atomic mass is 35.5. The van der Waals surface area contributed by atoms with Gasteiger partial charge in [0.15, 0.2) is 0 Å². The Kier molecular flexibility index (Phi) is 4.56. The lowest BCUT2D eigenvalue weighted by molar-refractivity contribution is -0.132. The minimum atomic E-state index is -1.000. The molecule has 1 aromatic rings. The second-order valence-electron chi connectivity index (χ2n) is 3.26. The van der Waals surface area contributed by atoms with Crippen molar-refractivity contribution in [3.63, 3.8) is 0 Å². The molecule has 0 spiro atoms. The lowest BCUT2D eigenvalue weighted by atomic mass is 10.2. The first-order chi connectivity index (χ1) is 8.04. The zero-order chi connectivity index (χ0) is 12.8. The Balaban J connectivity index is 2.76. The second-order valence-corrected chi connectivity index (χ2v) is 3.69. The van der Waals surface area contributed by atoms with Crippen LogP contribution in [0.5, 0.6) is 5.75 Å². The molecule has 0 heterocycles. The minimum absolute atomic E-state index is 0.0765. The molecule has 4 nitrogen and oxygen atoms in total. The largest absolute Gasteiger partial charge is 0.488 e. The van der Waals surface area contributed by atoms with Crippen molar-refractivity contribution in [2.45, 2.75) is 6.92 Å². The molecule has 0 bridgehead atoms. The van der Waals surface area contributed by atoms with E-state index in [0.717, 1.165) is 0 Å². The zero-order valence-electron chi connectivity index (χ0n) is 9.11. The van der Waals surface area contributed by atoms with Crippen LogP contribution in [0.1, 0.15) is 12.5 Å². The molecule has 0 fully saturated rings. The Morgan fingerprint density at radius 3 is 2.94 bits per heavy atom. The monoisotopic (exact) mass is 251 g/mol. The number of rotatable bonds is 4. The quantitative estimate of drug-likeness (QED) is 0.835. The van der Waals surface area contributed by atoms with E-state index in [0.29, 0.717) is 16.3 Å². The Hall–Kier alpha value is -1.99. The maximum absolute atomic E-state index is 10.5. The molecule has 1 N–H and O–H groups in total. The van der Waals surface area contributed by atoms with Crippen molar-refractivity contribution >= 4 is 17.6 Å². The summed E-state index contributed by atoms with van der Waals surface area (Å²) in [5.74, 6) is -0.658. The number of ether oxygens (including phenoxy) is 1. The van der Waals surface area contributed by atoms with Gasteiger partial charge in [0, 0.05) is 16.7 Å². The first kappa shape index (κ1) is 13.1. The molecule has 0 aromatic heterocycles. The van der Waals surface area contributed by atoms with E-state index in [-0.39, 0.29) is 12.2 Å². The van der Waals surface area contributed by atoms with Crippen molar-refractivity contribution in [3.05, 3.63) is 40.4 Å². The van der Waals surface area contributed by atoms with E-state index in [1.54, 1.807) is 12.1 Å². The second kappa shape index (κ2) is 5.92. The minimum Gasteiger partial charge on any atom is -0.488 e. The van der Waals surface area contributed by atoms with Crippen molar-refractivity contribution in [1.82, 2.24) is 0 Å². The van der Waals surface area contributed by atoms with E-state index in [2.05, 4.69) is 0 Å². The van der Waals surface area contributed by atoms with Gasteiger partial charge < -0.3 is 9.84 Å². The van der Waals surface area contributed by atoms with Crippen LogP contribution >= 0.6 is 11.6 Å². The topological polar surface area (TPSA) is 70.3 Å². The predicted octanol–water partition coefficient (Wildman–Crippen LogP) is 2.62. The fraction of sp³-hybridized carbons (Fsp3) is 0.167. The lowest BCUT2D eigenvalue weighted by Gasteiger charge is -2.05. The number of halogens is 1. The third-order valence-electron chi connectivity index (χ3n) is 2.03. The number of nitriles is 1. The van der Waals surface area contributed by atoms with Crippen molar-refractivity contribution in [3.8, 4) is 11.8 Å². The van der Waals surface area contributed by atoms with E-state index in [1.807, 2.05) is 6.07 Å². The van der Waals surface area contributed by atoms with Gasteiger partial charge in [-0.05, 0) is 25.1 Å². The molecule has 5 heteroatoms. The number of carbonyl (C=O) groups is 1. The first-order valence-electron chi connectivity index (χ1n) is 4.77. The first-order valence-corrected chi connectivity index (χ1v) is 5.15. The van der Waals surface area contributed by atoms with Crippen LogP contribution in [0.2, 0.25) is 5.02 Å². The molecule has 0 amide bonds. The van der Waals surface area contributed by atoms with Crippen molar-refractivity contribution in [1.29, 1.82) is 5.26 Å². The van der Waals surface area contributed by atoms with Crippen LogP contribution in [0.4, 0.5) is 0 Å². The van der Waals surface area contributed by atoms with E-state index in [1.165, 1.54) is 19.1 Å². The maximum atomic E-state index is 10.5. The van der Waals surface area contributed by atoms with Crippen LogP contribution in [-0.2, 0) is 4.79 Å². The van der Waals surface area contributed by atoms with Crippen LogP contribution in [0.3, 0.4) is 0 Å². The van der Waals surface area contributed by atoms with Crippen LogP contribution < -0.4 is 4.74 Å². The highest BCUT2D eigenvalue weighted by Crippen LogP contribution is 2.22. The molecule has 0 aliphatic heterocycles. The van der Waals surface area contributed by atoms with Gasteiger partial charge in [0.05, 0.1) is 5.56 Å². The number of nitrogens with zero attached hydrogens (tertiary/aromatic N) is 1. The normalized spacial score (nSPS) is 10.8. The van der Waals surface area contributed by atoms with Crippen LogP contribution in [0.25, 0.3) is 0 Å². The van der Waals surface area contributed by atoms with Gasteiger partial charge >= 0.3 is 5.97 Å². The molecule has 0 radical (unpaired) electrons. The SMILES string of the molecule is C/C(=C/COc1cc(Cl)ccc1C#N)C(=O)O. The van der Waals surface area contributed by atoms with Gasteiger partial charge in [-0.1, -0.05) is 11.6 Å². The van der Waals surface area contributed by atoms with Gasteiger partial charge in [0.1, 0.15) is 18.4 Å². The molecule has 1 aromatic carbocycles. The van der Waals surface area contributed by atoms with Crippen LogP contribution in [0, 0.1) is 11.3 Å². The summed E-state index contributed by atoms with van der Waals surface area (Å²) in [6.45, 7) is 1.54. The zero-order valence-corrected chi connectivity index (χ0v) is 9.86. The third kappa shape index (κ3) is 3.82. The number of aliphatic carboxylic acids is 1. The summed E-state index contributed by atoms with van der Waals surface area (Å²) >= 11 is 5.77. The molecule has 1 rings (SSSR count). The summed E-state index contributed by atoms with van der Waals surface area (Å²) in [6.07, 6.45) is 1.42. The molecule has 0 aliphatic rings. The molecule has 0 aliphatic carbocycles. The Morgan fingerprint density at radius 2 is 2.35 bits per heavy atom. The number of benzene rings is 1. The predicted molar refractivity (Wildman–Crippen MR) is 63.1 cm³/mol. The summed E-state index contributed by atoms with van der Waals surface area (Å²) in [7, 11) is 0. The molecule has 0 saturated heterocycles. The van der Waals surface area contributed by atoms with Gasteiger partial charge in [-0.2, -0.15) is 5.26 Å². The van der Waals surface area contributed by atoms with Crippen LogP contribution in [-0.4, -0.2) is 17.7 Å². The third-order valence-corrected chi connectivity index (χ3v) is 2.26. The number of carboxylic acid groups (broad SMARTS) is 1. The van der Waals surface area contributed by atoms with E-state index in [4.69, 9.17) is 26.7 Å². The molecule has 0 saturated carbocycles. The Labute approximate surface area is 104 Å². The molecule has 0 unspecified atom stereocenters. The summed E-state index contributed by atoms with van der Waals surface area (Å²) in [6, 6.07) is 6.62. The fourth-order valence-electron chi connectivity index (χ4n) is 1.05. The highest BCUT2D eigenvalue weighted by molar-refractivity contribution is 6.30. The van der Waals surface area contributed by atoms with Gasteiger partial charge in [0.25, 0.3) is 0 Å². The lowest BCUT2D eigenvalue weighted by Crippen LogP contribution is -2.01. The van der Waals surface area contributed by atoms with Gasteiger partial charge in [0.2, 0.25) is 0 Å². The summed E-state index contributed by atoms with van der Waals surface area (Å²) in [5, 5.41) is 17.9. The van der Waals surface area contributed by atoms with Gasteiger partial charge in [-0.15, -0.1) is 0 Å². The standard InChI is InChI=1S/C12H10ClNO3/c1-8(12(15)16)4-5-17-11-6-10(13)3-2-9(11)7-14/h2-4,6H,5H2,1H3,(H,15,16)/b8-4-. The Bertz CT molecular complexity index is 503. The smallest absolute Gasteiger partial charge is 0.331 e. The summed E-state index contributed by atoms with van der Waals surface area (Å²) < 4.78 is 5.28. The number of hydrogen-bond donors (Lipinski definition) is 1.